The van der Waals surface area contributed by atoms with Crippen LogP contribution in [0.5, 0.6) is 5.75 Å². The standard InChI is InChI=1S/C21H18Cl2N2O4/c1-13(15-6-4-3-5-7-15)25-21(27)16(11-24)8-14-9-17(22)20(18(23)10-14)29-12-19(26)28-2/h3-10,13H,12H2,1-2H3,(H,25,27)/b16-8-/t13-/m0/s1. The Morgan fingerprint density at radius 1 is 1.21 bits per heavy atom. The first-order valence-corrected chi connectivity index (χ1v) is 9.27. The van der Waals surface area contributed by atoms with Crippen LogP contribution in [0.15, 0.2) is 48.0 Å². The fraction of sp³-hybridized carbons (Fsp3) is 0.190. The Morgan fingerprint density at radius 2 is 1.83 bits per heavy atom. The number of nitrogens with zero attached hydrogens (tertiary/aromatic N) is 1. The largest absolute Gasteiger partial charge is 0.479 e. The lowest BCUT2D eigenvalue weighted by Gasteiger charge is -2.14. The van der Waals surface area contributed by atoms with Gasteiger partial charge in [0.15, 0.2) is 12.4 Å². The van der Waals surface area contributed by atoms with Crippen molar-refractivity contribution in [1.82, 2.24) is 5.32 Å². The van der Waals surface area contributed by atoms with Crippen LogP contribution >= 0.6 is 23.2 Å². The Labute approximate surface area is 178 Å². The molecule has 0 aliphatic rings. The van der Waals surface area contributed by atoms with Crippen LogP contribution in [0, 0.1) is 11.3 Å². The van der Waals surface area contributed by atoms with Crippen molar-refractivity contribution in [3.05, 3.63) is 69.2 Å². The molecule has 1 amide bonds. The first kappa shape index (κ1) is 22.3. The van der Waals surface area contributed by atoms with Crippen LogP contribution in [0.1, 0.15) is 24.1 Å². The molecule has 0 aliphatic heterocycles. The first-order valence-electron chi connectivity index (χ1n) is 8.52. The van der Waals surface area contributed by atoms with E-state index in [9.17, 15) is 14.9 Å². The fourth-order valence-electron chi connectivity index (χ4n) is 2.41. The number of nitrogens with one attached hydrogen (secondary N) is 1. The van der Waals surface area contributed by atoms with E-state index < -0.39 is 11.9 Å². The first-order chi connectivity index (χ1) is 13.8. The number of benzene rings is 2. The van der Waals surface area contributed by atoms with E-state index in [2.05, 4.69) is 10.1 Å². The van der Waals surface area contributed by atoms with Crippen molar-refractivity contribution in [2.45, 2.75) is 13.0 Å². The molecule has 0 unspecified atom stereocenters. The normalized spacial score (nSPS) is 11.9. The zero-order valence-electron chi connectivity index (χ0n) is 15.7. The summed E-state index contributed by atoms with van der Waals surface area (Å²) >= 11 is 12.3. The highest BCUT2D eigenvalue weighted by atomic mass is 35.5. The smallest absolute Gasteiger partial charge is 0.343 e. The fourth-order valence-corrected chi connectivity index (χ4v) is 3.02. The van der Waals surface area contributed by atoms with Gasteiger partial charge >= 0.3 is 5.97 Å². The van der Waals surface area contributed by atoms with Crippen LogP contribution in [0.3, 0.4) is 0 Å². The van der Waals surface area contributed by atoms with E-state index >= 15 is 0 Å². The molecule has 0 saturated carbocycles. The average molecular weight is 433 g/mol. The highest BCUT2D eigenvalue weighted by Gasteiger charge is 2.16. The maximum absolute atomic E-state index is 12.5. The number of halogens is 2. The second-order valence-electron chi connectivity index (χ2n) is 5.95. The van der Waals surface area contributed by atoms with E-state index in [1.165, 1.54) is 25.3 Å². The number of nitriles is 1. The highest BCUT2D eigenvalue weighted by molar-refractivity contribution is 6.37. The molecule has 0 bridgehead atoms. The summed E-state index contributed by atoms with van der Waals surface area (Å²) < 4.78 is 9.74. The number of esters is 1. The highest BCUT2D eigenvalue weighted by Crippen LogP contribution is 2.35. The number of carbonyl (C=O) groups excluding carboxylic acids is 2. The summed E-state index contributed by atoms with van der Waals surface area (Å²) in [6.45, 7) is 1.47. The molecule has 29 heavy (non-hydrogen) atoms. The Bertz CT molecular complexity index is 945. The summed E-state index contributed by atoms with van der Waals surface area (Å²) in [6, 6.07) is 13.9. The van der Waals surface area contributed by atoms with E-state index in [-0.39, 0.29) is 34.0 Å². The second kappa shape index (κ2) is 10.5. The van der Waals surface area contributed by atoms with E-state index in [1.807, 2.05) is 43.3 Å². The minimum atomic E-state index is -0.586. The minimum absolute atomic E-state index is 0.108. The summed E-state index contributed by atoms with van der Waals surface area (Å²) in [4.78, 5) is 23.7. The molecule has 1 atom stereocenters. The third-order valence-electron chi connectivity index (χ3n) is 3.91. The number of hydrogen-bond donors (Lipinski definition) is 1. The van der Waals surface area contributed by atoms with Crippen LogP contribution < -0.4 is 10.1 Å². The van der Waals surface area contributed by atoms with E-state index in [1.54, 1.807) is 0 Å². The van der Waals surface area contributed by atoms with Gasteiger partial charge in [-0.3, -0.25) is 4.79 Å². The summed E-state index contributed by atoms with van der Waals surface area (Å²) in [7, 11) is 1.23. The molecule has 8 heteroatoms. The number of hydrogen-bond acceptors (Lipinski definition) is 5. The molecule has 0 aliphatic carbocycles. The van der Waals surface area contributed by atoms with Crippen molar-refractivity contribution in [3.8, 4) is 11.8 Å². The van der Waals surface area contributed by atoms with Gasteiger partial charge in [0.2, 0.25) is 0 Å². The van der Waals surface area contributed by atoms with Gasteiger partial charge in [-0.1, -0.05) is 53.5 Å². The van der Waals surface area contributed by atoms with E-state index in [0.717, 1.165) is 5.56 Å². The predicted molar refractivity (Wildman–Crippen MR) is 111 cm³/mol. The monoisotopic (exact) mass is 432 g/mol. The number of amides is 1. The lowest BCUT2D eigenvalue weighted by atomic mass is 10.1. The predicted octanol–water partition coefficient (Wildman–Crippen LogP) is 4.33. The minimum Gasteiger partial charge on any atom is -0.479 e. The molecule has 6 nitrogen and oxygen atoms in total. The molecule has 150 valence electrons. The number of ether oxygens (including phenoxy) is 2. The quantitative estimate of drug-likeness (QED) is 0.399. The third kappa shape index (κ3) is 6.24. The van der Waals surface area contributed by atoms with Crippen LogP contribution in [0.2, 0.25) is 10.0 Å². The SMILES string of the molecule is COC(=O)COc1c(Cl)cc(/C=C(/C#N)C(=O)N[C@@H](C)c2ccccc2)cc1Cl. The number of carbonyl (C=O) groups is 2. The topological polar surface area (TPSA) is 88.4 Å². The summed E-state index contributed by atoms with van der Waals surface area (Å²) in [5.74, 6) is -1.00. The molecular weight excluding hydrogens is 415 g/mol. The zero-order chi connectivity index (χ0) is 21.4. The Kier molecular flexibility index (Phi) is 8.08. The van der Waals surface area contributed by atoms with Crippen molar-refractivity contribution in [2.24, 2.45) is 0 Å². The van der Waals surface area contributed by atoms with Crippen molar-refractivity contribution in [2.75, 3.05) is 13.7 Å². The molecule has 2 aromatic carbocycles. The second-order valence-corrected chi connectivity index (χ2v) is 6.77. The molecule has 0 radical (unpaired) electrons. The Balaban J connectivity index is 2.18. The molecule has 1 N–H and O–H groups in total. The Morgan fingerprint density at radius 3 is 2.38 bits per heavy atom. The molecule has 2 rings (SSSR count). The molecule has 0 fully saturated rings. The van der Waals surface area contributed by atoms with Gasteiger partial charge < -0.3 is 14.8 Å². The van der Waals surface area contributed by atoms with E-state index in [4.69, 9.17) is 27.9 Å². The Hall–Kier alpha value is -3.01. The number of methoxy groups -OCH3 is 1. The molecule has 0 saturated heterocycles. The van der Waals surface area contributed by atoms with Gasteiger partial charge in [0.1, 0.15) is 11.6 Å². The maximum atomic E-state index is 12.5. The average Bonchev–Trinajstić information content (AvgIpc) is 2.71. The van der Waals surface area contributed by atoms with Crippen molar-refractivity contribution in [3.63, 3.8) is 0 Å². The molecule has 0 heterocycles. The summed E-state index contributed by atoms with van der Waals surface area (Å²) in [5, 5.41) is 12.4. The zero-order valence-corrected chi connectivity index (χ0v) is 17.3. The van der Waals surface area contributed by atoms with Crippen molar-refractivity contribution in [1.29, 1.82) is 5.26 Å². The van der Waals surface area contributed by atoms with Crippen LogP contribution in [0.25, 0.3) is 6.08 Å². The molecular formula is C21H18Cl2N2O4. The van der Waals surface area contributed by atoms with Gasteiger partial charge in [-0.05, 0) is 36.3 Å². The van der Waals surface area contributed by atoms with Gasteiger partial charge in [-0.15, -0.1) is 0 Å². The van der Waals surface area contributed by atoms with E-state index in [0.29, 0.717) is 5.56 Å². The summed E-state index contributed by atoms with van der Waals surface area (Å²) in [6.07, 6.45) is 1.37. The lowest BCUT2D eigenvalue weighted by molar-refractivity contribution is -0.142. The van der Waals surface area contributed by atoms with Gasteiger partial charge in [0.25, 0.3) is 5.91 Å². The van der Waals surface area contributed by atoms with Crippen LogP contribution in [-0.2, 0) is 14.3 Å². The van der Waals surface area contributed by atoms with Gasteiger partial charge in [-0.25, -0.2) is 4.79 Å². The van der Waals surface area contributed by atoms with Gasteiger partial charge in [0, 0.05) is 0 Å². The molecule has 0 spiro atoms. The van der Waals surface area contributed by atoms with Crippen LogP contribution in [0.4, 0.5) is 0 Å². The molecule has 0 aromatic heterocycles. The van der Waals surface area contributed by atoms with Crippen molar-refractivity contribution >= 4 is 41.2 Å². The number of rotatable bonds is 7. The van der Waals surface area contributed by atoms with Crippen LogP contribution in [-0.4, -0.2) is 25.6 Å². The lowest BCUT2D eigenvalue weighted by Crippen LogP contribution is -2.27. The van der Waals surface area contributed by atoms with Gasteiger partial charge in [0.05, 0.1) is 23.2 Å². The maximum Gasteiger partial charge on any atom is 0.343 e. The molecule has 2 aromatic rings. The van der Waals surface area contributed by atoms with Crippen molar-refractivity contribution < 1.29 is 19.1 Å². The van der Waals surface area contributed by atoms with Gasteiger partial charge in [-0.2, -0.15) is 5.26 Å². The summed E-state index contributed by atoms with van der Waals surface area (Å²) in [5.41, 5.74) is 1.24. The third-order valence-corrected chi connectivity index (χ3v) is 4.47.